The molecule has 0 unspecified atom stereocenters. The van der Waals surface area contributed by atoms with Crippen molar-refractivity contribution in [3.63, 3.8) is 0 Å². The minimum atomic E-state index is -0.0201. The van der Waals surface area contributed by atoms with Crippen LogP contribution in [0, 0.1) is 13.8 Å². The van der Waals surface area contributed by atoms with Crippen LogP contribution < -0.4 is 10.00 Å². The standard InChI is InChI=1S/C18H19N3O.Y/c1-13-7-6-8-14(2)18(13)19-17(22)12-21-11-15-9-4-5-10-16(15)20(21)3;/h4-11H,12H2,1-3H3;/p+1. The molecular weight excluding hydrogens is 363 g/mol. The van der Waals surface area contributed by atoms with Crippen LogP contribution in [0.2, 0.25) is 0 Å². The van der Waals surface area contributed by atoms with Crippen LogP contribution in [-0.4, -0.2) is 10.6 Å². The van der Waals surface area contributed by atoms with Crippen LogP contribution in [0.15, 0.2) is 48.7 Å². The number of para-hydroxylation sites is 2. The number of fused-ring (bicyclic) bond motifs is 1. The smallest absolute Gasteiger partial charge is 0.292 e. The van der Waals surface area contributed by atoms with Gasteiger partial charge in [0.2, 0.25) is 12.7 Å². The molecule has 4 nitrogen and oxygen atoms in total. The summed E-state index contributed by atoms with van der Waals surface area (Å²) in [4.78, 5) is 12.4. The number of nitrogens with one attached hydrogen (secondary N) is 1. The molecule has 3 aromatic rings. The van der Waals surface area contributed by atoms with Crippen LogP contribution in [0.5, 0.6) is 0 Å². The van der Waals surface area contributed by atoms with E-state index in [1.807, 2.05) is 66.8 Å². The van der Waals surface area contributed by atoms with Crippen LogP contribution in [0.1, 0.15) is 11.1 Å². The molecule has 1 heterocycles. The fourth-order valence-corrected chi connectivity index (χ4v) is 2.77. The number of amides is 1. The van der Waals surface area contributed by atoms with Crippen molar-refractivity contribution in [1.82, 2.24) is 4.68 Å². The predicted molar refractivity (Wildman–Crippen MR) is 87.7 cm³/mol. The molecule has 1 N–H and O–H groups in total. The quantitative estimate of drug-likeness (QED) is 0.694. The van der Waals surface area contributed by atoms with E-state index >= 15 is 0 Å². The van der Waals surface area contributed by atoms with E-state index in [0.717, 1.165) is 27.7 Å². The molecular formula is C18H20N3OY+. The molecule has 0 aliphatic carbocycles. The van der Waals surface area contributed by atoms with E-state index in [1.165, 1.54) is 0 Å². The minimum Gasteiger partial charge on any atom is -0.320 e. The molecule has 0 spiro atoms. The molecule has 5 heteroatoms. The Hall–Kier alpha value is -1.52. The molecule has 0 atom stereocenters. The fourth-order valence-electron chi connectivity index (χ4n) is 2.77. The molecule has 0 bridgehead atoms. The molecule has 115 valence electrons. The third-order valence-electron chi connectivity index (χ3n) is 4.01. The maximum Gasteiger partial charge on any atom is 0.292 e. The van der Waals surface area contributed by atoms with Crippen LogP contribution in [0.25, 0.3) is 10.9 Å². The number of hydrogen-bond acceptors (Lipinski definition) is 1. The van der Waals surface area contributed by atoms with Gasteiger partial charge in [-0.15, -0.1) is 4.68 Å². The van der Waals surface area contributed by atoms with E-state index in [2.05, 4.69) is 17.4 Å². The summed E-state index contributed by atoms with van der Waals surface area (Å²) in [6, 6.07) is 14.1. The van der Waals surface area contributed by atoms with Crippen LogP contribution >= 0.6 is 0 Å². The number of anilines is 1. The maximum absolute atomic E-state index is 12.4. The van der Waals surface area contributed by atoms with Gasteiger partial charge in [0.05, 0.1) is 12.4 Å². The van der Waals surface area contributed by atoms with Gasteiger partial charge in [0.1, 0.15) is 5.52 Å². The Labute approximate surface area is 161 Å². The van der Waals surface area contributed by atoms with Gasteiger partial charge < -0.3 is 5.32 Å². The summed E-state index contributed by atoms with van der Waals surface area (Å²) in [5.74, 6) is -0.0201. The Morgan fingerprint density at radius 2 is 1.74 bits per heavy atom. The Kier molecular flexibility index (Phi) is 5.71. The zero-order chi connectivity index (χ0) is 15.7. The first-order chi connectivity index (χ1) is 10.6. The summed E-state index contributed by atoms with van der Waals surface area (Å²) in [6.45, 7) is 4.30. The number of carbonyl (C=O) groups is 1. The molecule has 0 fully saturated rings. The first-order valence-electron chi connectivity index (χ1n) is 7.36. The summed E-state index contributed by atoms with van der Waals surface area (Å²) < 4.78 is 3.92. The summed E-state index contributed by atoms with van der Waals surface area (Å²) in [7, 11) is 1.97. The van der Waals surface area contributed by atoms with E-state index in [9.17, 15) is 4.79 Å². The van der Waals surface area contributed by atoms with Gasteiger partial charge >= 0.3 is 0 Å². The molecule has 0 saturated carbocycles. The second kappa shape index (κ2) is 7.37. The van der Waals surface area contributed by atoms with E-state index in [1.54, 1.807) is 0 Å². The summed E-state index contributed by atoms with van der Waals surface area (Å²) in [5, 5.41) is 4.15. The van der Waals surface area contributed by atoms with Crippen LogP contribution in [0.3, 0.4) is 0 Å². The number of nitrogens with zero attached hydrogens (tertiary/aromatic N) is 2. The Morgan fingerprint density at radius 3 is 2.39 bits per heavy atom. The number of carbonyl (C=O) groups excluding carboxylic acids is 1. The first kappa shape index (κ1) is 17.8. The Morgan fingerprint density at radius 1 is 1.09 bits per heavy atom. The van der Waals surface area contributed by atoms with Gasteiger partial charge in [-0.3, -0.25) is 4.79 Å². The molecule has 0 aliphatic heterocycles. The van der Waals surface area contributed by atoms with Crippen molar-refractivity contribution in [2.24, 2.45) is 7.05 Å². The molecule has 1 amide bonds. The number of hydrogen-bond donors (Lipinski definition) is 1. The molecule has 1 aromatic heterocycles. The minimum absolute atomic E-state index is 0. The van der Waals surface area contributed by atoms with Crippen molar-refractivity contribution in [3.8, 4) is 0 Å². The third kappa shape index (κ3) is 3.70. The van der Waals surface area contributed by atoms with Crippen molar-refractivity contribution in [1.29, 1.82) is 0 Å². The average molecular weight is 383 g/mol. The van der Waals surface area contributed by atoms with Gasteiger partial charge in [0.15, 0.2) is 0 Å². The Bertz CT molecular complexity index is 834. The summed E-state index contributed by atoms with van der Waals surface area (Å²) >= 11 is 0. The number of benzene rings is 2. The van der Waals surface area contributed by atoms with Crippen molar-refractivity contribution in [3.05, 3.63) is 59.8 Å². The van der Waals surface area contributed by atoms with Gasteiger partial charge in [-0.2, -0.15) is 4.68 Å². The molecule has 23 heavy (non-hydrogen) atoms. The van der Waals surface area contributed by atoms with Crippen molar-refractivity contribution < 1.29 is 42.2 Å². The number of rotatable bonds is 3. The van der Waals surface area contributed by atoms with E-state index < -0.39 is 0 Å². The topological polar surface area (TPSA) is 37.9 Å². The first-order valence-corrected chi connectivity index (χ1v) is 7.36. The number of aryl methyl sites for hydroxylation is 3. The second-order valence-electron chi connectivity index (χ2n) is 5.62. The van der Waals surface area contributed by atoms with Gasteiger partial charge in [-0.05, 0) is 37.1 Å². The summed E-state index contributed by atoms with van der Waals surface area (Å²) in [6.07, 6.45) is 2.00. The van der Waals surface area contributed by atoms with Gasteiger partial charge in [-0.1, -0.05) is 30.3 Å². The van der Waals surface area contributed by atoms with Crippen LogP contribution in [0.4, 0.5) is 5.69 Å². The third-order valence-corrected chi connectivity index (χ3v) is 4.01. The molecule has 0 saturated heterocycles. The monoisotopic (exact) mass is 383 g/mol. The van der Waals surface area contributed by atoms with Crippen LogP contribution in [-0.2, 0) is 51.1 Å². The predicted octanol–water partition coefficient (Wildman–Crippen LogP) is 2.72. The molecule has 0 aliphatic rings. The van der Waals surface area contributed by atoms with E-state index in [-0.39, 0.29) is 38.6 Å². The van der Waals surface area contributed by atoms with Gasteiger partial charge in [0, 0.05) is 38.4 Å². The van der Waals surface area contributed by atoms with E-state index in [4.69, 9.17) is 0 Å². The Balaban J connectivity index is 0.00000192. The largest absolute Gasteiger partial charge is 0.320 e. The average Bonchev–Trinajstić information content (AvgIpc) is 2.80. The zero-order valence-corrected chi connectivity index (χ0v) is 16.5. The van der Waals surface area contributed by atoms with Crippen molar-refractivity contribution in [2.45, 2.75) is 20.4 Å². The molecule has 1 radical (unpaired) electrons. The second-order valence-corrected chi connectivity index (χ2v) is 5.62. The van der Waals surface area contributed by atoms with Gasteiger partial charge in [-0.25, -0.2) is 0 Å². The zero-order valence-electron chi connectivity index (χ0n) is 13.7. The number of aromatic nitrogens is 2. The SMILES string of the molecule is Cc1cccc(C)c1NC(=O)C[n+]1cc2ccccc2n1C.[Y]. The molecule has 3 rings (SSSR count). The van der Waals surface area contributed by atoms with Crippen molar-refractivity contribution >= 4 is 22.5 Å². The maximum atomic E-state index is 12.4. The summed E-state index contributed by atoms with van der Waals surface area (Å²) in [5.41, 5.74) is 4.18. The molecule has 2 aromatic carbocycles. The van der Waals surface area contributed by atoms with E-state index in [0.29, 0.717) is 6.54 Å². The normalized spacial score (nSPS) is 10.4. The van der Waals surface area contributed by atoms with Crippen molar-refractivity contribution in [2.75, 3.05) is 5.32 Å². The fraction of sp³-hybridized carbons (Fsp3) is 0.222. The van der Waals surface area contributed by atoms with Gasteiger partial charge in [0.25, 0.3) is 5.91 Å².